The van der Waals surface area contributed by atoms with Crippen LogP contribution in [-0.4, -0.2) is 25.3 Å². The Morgan fingerprint density at radius 2 is 1.78 bits per heavy atom. The Balaban J connectivity index is 1.61. The summed E-state index contributed by atoms with van der Waals surface area (Å²) in [6, 6.07) is 0. The van der Waals surface area contributed by atoms with Crippen molar-refractivity contribution in [2.75, 3.05) is 19.7 Å². The van der Waals surface area contributed by atoms with E-state index in [0.29, 0.717) is 5.60 Å². The molecule has 1 spiro atoms. The van der Waals surface area contributed by atoms with E-state index in [9.17, 15) is 0 Å². The van der Waals surface area contributed by atoms with Gasteiger partial charge >= 0.3 is 0 Å². The summed E-state index contributed by atoms with van der Waals surface area (Å²) in [4.78, 5) is 0. The Hall–Kier alpha value is -0.0800. The number of rotatable bonds is 1. The summed E-state index contributed by atoms with van der Waals surface area (Å²) in [6.45, 7) is 3.53. The van der Waals surface area contributed by atoms with Gasteiger partial charge in [-0.3, -0.25) is 0 Å². The van der Waals surface area contributed by atoms with E-state index in [1.165, 1.54) is 77.3 Å². The van der Waals surface area contributed by atoms with Crippen LogP contribution in [0.15, 0.2) is 0 Å². The number of hydrogen-bond acceptors (Lipinski definition) is 2. The maximum absolute atomic E-state index is 6.24. The molecule has 2 aliphatic heterocycles. The summed E-state index contributed by atoms with van der Waals surface area (Å²) in [5.41, 5.74) is 0.299. The van der Waals surface area contributed by atoms with Crippen molar-refractivity contribution in [1.82, 2.24) is 5.32 Å². The van der Waals surface area contributed by atoms with Crippen LogP contribution in [0.3, 0.4) is 0 Å². The lowest BCUT2D eigenvalue weighted by Crippen LogP contribution is -2.44. The van der Waals surface area contributed by atoms with Crippen molar-refractivity contribution in [2.45, 2.75) is 69.8 Å². The molecule has 3 fully saturated rings. The molecule has 2 nitrogen and oxygen atoms in total. The van der Waals surface area contributed by atoms with Crippen LogP contribution in [0.4, 0.5) is 0 Å². The van der Waals surface area contributed by atoms with E-state index in [-0.39, 0.29) is 0 Å². The van der Waals surface area contributed by atoms with Gasteiger partial charge in [-0.05, 0) is 63.5 Å². The number of nitrogens with one attached hydrogen (secondary N) is 1. The molecule has 1 saturated carbocycles. The van der Waals surface area contributed by atoms with Crippen molar-refractivity contribution in [3.05, 3.63) is 0 Å². The van der Waals surface area contributed by atoms with Crippen LogP contribution in [0.1, 0.15) is 64.2 Å². The molecule has 0 bridgehead atoms. The van der Waals surface area contributed by atoms with Crippen LogP contribution in [-0.2, 0) is 4.74 Å². The molecule has 104 valence electrons. The summed E-state index contributed by atoms with van der Waals surface area (Å²) in [5, 5.41) is 3.65. The first kappa shape index (κ1) is 12.9. The second-order valence-corrected chi connectivity index (χ2v) is 6.80. The second-order valence-electron chi connectivity index (χ2n) is 6.80. The Morgan fingerprint density at radius 1 is 0.889 bits per heavy atom. The Kier molecular flexibility index (Phi) is 4.25. The number of ether oxygens (including phenoxy) is 1. The normalized spacial score (nSPS) is 37.3. The van der Waals surface area contributed by atoms with Gasteiger partial charge < -0.3 is 10.1 Å². The largest absolute Gasteiger partial charge is 0.375 e. The predicted molar refractivity (Wildman–Crippen MR) is 74.7 cm³/mol. The molecule has 0 aromatic heterocycles. The first-order chi connectivity index (χ1) is 8.88. The highest BCUT2D eigenvalue weighted by molar-refractivity contribution is 4.92. The van der Waals surface area contributed by atoms with Gasteiger partial charge in [0.2, 0.25) is 0 Å². The summed E-state index contributed by atoms with van der Waals surface area (Å²) in [5.74, 6) is 1.86. The molecule has 2 saturated heterocycles. The van der Waals surface area contributed by atoms with Gasteiger partial charge in [-0.15, -0.1) is 0 Å². The van der Waals surface area contributed by atoms with Gasteiger partial charge in [-0.2, -0.15) is 0 Å². The van der Waals surface area contributed by atoms with Crippen LogP contribution >= 0.6 is 0 Å². The molecule has 3 aliphatic rings. The Bertz CT molecular complexity index is 246. The highest BCUT2D eigenvalue weighted by atomic mass is 16.5. The molecule has 1 N–H and O–H groups in total. The zero-order valence-corrected chi connectivity index (χ0v) is 11.8. The molecule has 0 aromatic rings. The van der Waals surface area contributed by atoms with Crippen molar-refractivity contribution in [1.29, 1.82) is 0 Å². The lowest BCUT2D eigenvalue weighted by Gasteiger charge is -2.45. The van der Waals surface area contributed by atoms with Crippen LogP contribution in [0, 0.1) is 11.8 Å². The summed E-state index contributed by atoms with van der Waals surface area (Å²) < 4.78 is 6.24. The first-order valence-corrected chi connectivity index (χ1v) is 8.23. The quantitative estimate of drug-likeness (QED) is 0.770. The molecular weight excluding hydrogens is 222 g/mol. The van der Waals surface area contributed by atoms with E-state index in [0.717, 1.165) is 18.4 Å². The van der Waals surface area contributed by atoms with Crippen LogP contribution < -0.4 is 5.32 Å². The highest BCUT2D eigenvalue weighted by Gasteiger charge is 2.40. The van der Waals surface area contributed by atoms with Gasteiger partial charge in [0.1, 0.15) is 0 Å². The molecule has 2 atom stereocenters. The van der Waals surface area contributed by atoms with Crippen molar-refractivity contribution in [2.24, 2.45) is 11.8 Å². The third kappa shape index (κ3) is 2.91. The lowest BCUT2D eigenvalue weighted by atomic mass is 9.71. The zero-order valence-electron chi connectivity index (χ0n) is 11.8. The van der Waals surface area contributed by atoms with Gasteiger partial charge in [0.05, 0.1) is 5.60 Å². The van der Waals surface area contributed by atoms with Crippen molar-refractivity contribution in [3.63, 3.8) is 0 Å². The lowest BCUT2D eigenvalue weighted by molar-refractivity contribution is -0.125. The first-order valence-electron chi connectivity index (χ1n) is 8.23. The molecule has 1 aliphatic carbocycles. The summed E-state index contributed by atoms with van der Waals surface area (Å²) in [6.07, 6.45) is 13.8. The average Bonchev–Trinajstić information content (AvgIpc) is 2.68. The van der Waals surface area contributed by atoms with E-state index >= 15 is 0 Å². The molecule has 2 unspecified atom stereocenters. The third-order valence-electron chi connectivity index (χ3n) is 5.55. The molecule has 2 heterocycles. The van der Waals surface area contributed by atoms with E-state index < -0.39 is 0 Å². The summed E-state index contributed by atoms with van der Waals surface area (Å²) >= 11 is 0. The van der Waals surface area contributed by atoms with Gasteiger partial charge in [0.25, 0.3) is 0 Å². The molecule has 0 aromatic carbocycles. The second kappa shape index (κ2) is 5.92. The highest BCUT2D eigenvalue weighted by Crippen LogP contribution is 2.43. The molecule has 0 radical (unpaired) electrons. The molecule has 2 heteroatoms. The molecule has 0 amide bonds. The monoisotopic (exact) mass is 251 g/mol. The topological polar surface area (TPSA) is 21.3 Å². The molecular formula is C16H29NO. The van der Waals surface area contributed by atoms with Gasteiger partial charge in [0.15, 0.2) is 0 Å². The standard InChI is InChI=1S/C16H29NO/c1-3-8-16(9-4-1)12-14(7-11-18-16)15-6-2-5-10-17-13-15/h14-15,17H,1-13H2. The van der Waals surface area contributed by atoms with Gasteiger partial charge in [-0.25, -0.2) is 0 Å². The van der Waals surface area contributed by atoms with Gasteiger partial charge in [-0.1, -0.05) is 25.7 Å². The maximum atomic E-state index is 6.24. The Morgan fingerprint density at radius 3 is 2.67 bits per heavy atom. The van der Waals surface area contributed by atoms with Crippen molar-refractivity contribution in [3.8, 4) is 0 Å². The van der Waals surface area contributed by atoms with E-state index in [4.69, 9.17) is 4.74 Å². The minimum absolute atomic E-state index is 0.299. The maximum Gasteiger partial charge on any atom is 0.0685 e. The van der Waals surface area contributed by atoms with Crippen LogP contribution in [0.2, 0.25) is 0 Å². The van der Waals surface area contributed by atoms with Crippen molar-refractivity contribution < 1.29 is 4.74 Å². The van der Waals surface area contributed by atoms with Crippen LogP contribution in [0.5, 0.6) is 0 Å². The van der Waals surface area contributed by atoms with E-state index in [1.807, 2.05) is 0 Å². The number of hydrogen-bond donors (Lipinski definition) is 1. The van der Waals surface area contributed by atoms with Gasteiger partial charge in [0, 0.05) is 6.61 Å². The fourth-order valence-corrected chi connectivity index (χ4v) is 4.46. The average molecular weight is 251 g/mol. The third-order valence-corrected chi connectivity index (χ3v) is 5.55. The molecule has 3 rings (SSSR count). The minimum atomic E-state index is 0.299. The fraction of sp³-hybridized carbons (Fsp3) is 1.00. The van der Waals surface area contributed by atoms with Crippen molar-refractivity contribution >= 4 is 0 Å². The van der Waals surface area contributed by atoms with E-state index in [1.54, 1.807) is 0 Å². The van der Waals surface area contributed by atoms with E-state index in [2.05, 4.69) is 5.32 Å². The Labute approximate surface area is 112 Å². The predicted octanol–water partition coefficient (Wildman–Crippen LogP) is 3.51. The smallest absolute Gasteiger partial charge is 0.0685 e. The van der Waals surface area contributed by atoms with Crippen LogP contribution in [0.25, 0.3) is 0 Å². The zero-order chi connectivity index (χ0) is 12.3. The summed E-state index contributed by atoms with van der Waals surface area (Å²) in [7, 11) is 0. The molecule has 18 heavy (non-hydrogen) atoms. The fourth-order valence-electron chi connectivity index (χ4n) is 4.46. The minimum Gasteiger partial charge on any atom is -0.375 e. The SMILES string of the molecule is C1CCC2(CC1)CC(C1CCCCNC1)CCO2.